The van der Waals surface area contributed by atoms with Gasteiger partial charge in [0.15, 0.2) is 9.84 Å². The summed E-state index contributed by atoms with van der Waals surface area (Å²) in [7, 11) is -3.43. The molecule has 0 amide bonds. The van der Waals surface area contributed by atoms with E-state index < -0.39 is 21.7 Å². The van der Waals surface area contributed by atoms with Gasteiger partial charge in [0.25, 0.3) is 0 Å². The third-order valence-corrected chi connectivity index (χ3v) is 5.16. The van der Waals surface area contributed by atoms with E-state index in [4.69, 9.17) is 5.73 Å². The summed E-state index contributed by atoms with van der Waals surface area (Å²) in [6, 6.07) is 8.52. The first-order valence-corrected chi connectivity index (χ1v) is 9.19. The summed E-state index contributed by atoms with van der Waals surface area (Å²) >= 11 is 0. The highest BCUT2D eigenvalue weighted by molar-refractivity contribution is 7.90. The zero-order valence-electron chi connectivity index (χ0n) is 13.2. The number of aromatic nitrogens is 1. The van der Waals surface area contributed by atoms with Crippen molar-refractivity contribution in [2.45, 2.75) is 11.4 Å². The summed E-state index contributed by atoms with van der Waals surface area (Å²) in [4.78, 5) is 11.6. The molecule has 0 saturated heterocycles. The van der Waals surface area contributed by atoms with Gasteiger partial charge in [-0.1, -0.05) is 6.07 Å². The van der Waals surface area contributed by atoms with Crippen molar-refractivity contribution >= 4 is 26.8 Å². The highest BCUT2D eigenvalue weighted by atomic mass is 32.2. The van der Waals surface area contributed by atoms with Crippen LogP contribution in [0.2, 0.25) is 0 Å². The van der Waals surface area contributed by atoms with Crippen LogP contribution in [-0.2, 0) is 16.4 Å². The molecular weight excluding hydrogens is 347 g/mol. The minimum atomic E-state index is -3.43. The molecule has 0 atom stereocenters. The number of nitrogens with two attached hydrogens (primary N) is 1. The number of hydrogen-bond donors (Lipinski definition) is 2. The lowest BCUT2D eigenvalue weighted by atomic mass is 10.0. The number of carboxylic acid groups (broad SMARTS) is 1. The highest BCUT2D eigenvalue weighted by Gasteiger charge is 2.18. The number of rotatable bonds is 3. The van der Waals surface area contributed by atoms with Crippen LogP contribution in [0.1, 0.15) is 5.56 Å². The Kier molecular flexibility index (Phi) is 4.09. The smallest absolute Gasteiger partial charge is 0.416 e. The molecule has 3 rings (SSSR count). The summed E-state index contributed by atoms with van der Waals surface area (Å²) in [6.45, 7) is 0.0163. The summed E-state index contributed by atoms with van der Waals surface area (Å²) in [5, 5.41) is 9.87. The number of fused-ring (bicyclic) bond motifs is 1. The van der Waals surface area contributed by atoms with E-state index in [2.05, 4.69) is 0 Å². The van der Waals surface area contributed by atoms with Gasteiger partial charge in [-0.15, -0.1) is 0 Å². The fraction of sp³-hybridized carbons (Fsp3) is 0.118. The number of halogens is 1. The van der Waals surface area contributed by atoms with Crippen molar-refractivity contribution in [2.75, 3.05) is 6.26 Å². The fourth-order valence-electron chi connectivity index (χ4n) is 2.86. The second-order valence-electron chi connectivity index (χ2n) is 5.66. The Bertz CT molecular complexity index is 1100. The van der Waals surface area contributed by atoms with Crippen molar-refractivity contribution in [3.8, 4) is 11.1 Å². The van der Waals surface area contributed by atoms with E-state index in [0.717, 1.165) is 16.9 Å². The SMILES string of the molecule is CS(=O)(=O)c1ccc(-c2cn(C(=O)O)c3cc(F)ccc23)cc1CN. The zero-order valence-corrected chi connectivity index (χ0v) is 14.0. The Morgan fingerprint density at radius 1 is 1.24 bits per heavy atom. The van der Waals surface area contributed by atoms with Gasteiger partial charge in [0.05, 0.1) is 10.4 Å². The van der Waals surface area contributed by atoms with Crippen molar-refractivity contribution < 1.29 is 22.7 Å². The summed E-state index contributed by atoms with van der Waals surface area (Å²) in [5.41, 5.74) is 7.46. The Labute approximate surface area is 143 Å². The molecule has 3 aromatic rings. The number of hydrogen-bond acceptors (Lipinski definition) is 4. The molecule has 6 nitrogen and oxygen atoms in total. The van der Waals surface area contributed by atoms with Crippen LogP contribution < -0.4 is 5.73 Å². The van der Waals surface area contributed by atoms with Crippen molar-refractivity contribution in [3.63, 3.8) is 0 Å². The van der Waals surface area contributed by atoms with Gasteiger partial charge in [-0.05, 0) is 41.5 Å². The Balaban J connectivity index is 2.29. The van der Waals surface area contributed by atoms with Gasteiger partial charge >= 0.3 is 6.09 Å². The van der Waals surface area contributed by atoms with Crippen LogP contribution >= 0.6 is 0 Å². The molecule has 0 radical (unpaired) electrons. The van der Waals surface area contributed by atoms with Gasteiger partial charge < -0.3 is 10.8 Å². The van der Waals surface area contributed by atoms with Crippen LogP contribution in [0.25, 0.3) is 22.0 Å². The molecule has 0 saturated carbocycles. The van der Waals surface area contributed by atoms with E-state index in [1.54, 1.807) is 12.1 Å². The molecule has 0 unspecified atom stereocenters. The molecule has 1 heterocycles. The Morgan fingerprint density at radius 2 is 1.96 bits per heavy atom. The third-order valence-electron chi connectivity index (χ3n) is 3.96. The lowest BCUT2D eigenvalue weighted by molar-refractivity contribution is 0.197. The van der Waals surface area contributed by atoms with Crippen molar-refractivity contribution in [1.82, 2.24) is 4.57 Å². The van der Waals surface area contributed by atoms with E-state index >= 15 is 0 Å². The molecule has 130 valence electrons. The molecule has 0 aliphatic carbocycles. The maximum atomic E-state index is 13.5. The molecule has 0 spiro atoms. The normalized spacial score (nSPS) is 11.8. The first kappa shape index (κ1) is 17.1. The minimum absolute atomic E-state index is 0.0163. The fourth-order valence-corrected chi connectivity index (χ4v) is 3.79. The number of benzene rings is 2. The highest BCUT2D eigenvalue weighted by Crippen LogP contribution is 2.33. The molecule has 0 aliphatic rings. The van der Waals surface area contributed by atoms with E-state index in [0.29, 0.717) is 22.1 Å². The first-order valence-electron chi connectivity index (χ1n) is 7.29. The number of sulfone groups is 1. The van der Waals surface area contributed by atoms with Crippen molar-refractivity contribution in [1.29, 1.82) is 0 Å². The van der Waals surface area contributed by atoms with Gasteiger partial charge in [-0.2, -0.15) is 0 Å². The van der Waals surface area contributed by atoms with E-state index in [-0.39, 0.29) is 17.0 Å². The summed E-state index contributed by atoms with van der Waals surface area (Å²) in [6.07, 6.45) is 1.23. The predicted molar refractivity (Wildman–Crippen MR) is 91.8 cm³/mol. The average Bonchev–Trinajstić information content (AvgIpc) is 2.92. The van der Waals surface area contributed by atoms with Gasteiger partial charge in [0, 0.05) is 29.9 Å². The van der Waals surface area contributed by atoms with Crippen LogP contribution in [0, 0.1) is 5.82 Å². The standard InChI is InChI=1S/C17H15FN2O4S/c1-25(23,24)16-5-2-10(6-11(16)8-19)14-9-20(17(21)22)15-7-12(18)3-4-13(14)15/h2-7,9H,8,19H2,1H3,(H,21,22). The van der Waals surface area contributed by atoms with Gasteiger partial charge in [-0.25, -0.2) is 17.6 Å². The minimum Gasteiger partial charge on any atom is -0.464 e. The summed E-state index contributed by atoms with van der Waals surface area (Å²) in [5.74, 6) is -0.547. The van der Waals surface area contributed by atoms with E-state index in [1.807, 2.05) is 0 Å². The maximum absolute atomic E-state index is 13.5. The summed E-state index contributed by atoms with van der Waals surface area (Å²) < 4.78 is 38.1. The molecule has 0 aliphatic heterocycles. The molecule has 0 fully saturated rings. The lowest BCUT2D eigenvalue weighted by Crippen LogP contribution is -2.07. The maximum Gasteiger partial charge on any atom is 0.416 e. The average molecular weight is 362 g/mol. The molecule has 25 heavy (non-hydrogen) atoms. The van der Waals surface area contributed by atoms with Crippen LogP contribution in [0.4, 0.5) is 9.18 Å². The number of carbonyl (C=O) groups is 1. The molecule has 2 aromatic carbocycles. The van der Waals surface area contributed by atoms with Crippen molar-refractivity contribution in [2.24, 2.45) is 5.73 Å². The molecule has 3 N–H and O–H groups in total. The monoisotopic (exact) mass is 362 g/mol. The lowest BCUT2D eigenvalue weighted by Gasteiger charge is -2.08. The first-order chi connectivity index (χ1) is 11.7. The molecule has 1 aromatic heterocycles. The quantitative estimate of drug-likeness (QED) is 0.746. The topological polar surface area (TPSA) is 102 Å². The second kappa shape index (κ2) is 5.98. The van der Waals surface area contributed by atoms with E-state index in [1.165, 1.54) is 24.4 Å². The Morgan fingerprint density at radius 3 is 2.56 bits per heavy atom. The Hall–Kier alpha value is -2.71. The molecule has 8 heteroatoms. The van der Waals surface area contributed by atoms with Crippen LogP contribution in [-0.4, -0.2) is 30.4 Å². The predicted octanol–water partition coefficient (Wildman–Crippen LogP) is 2.84. The number of nitrogens with zero attached hydrogens (tertiary/aromatic N) is 1. The van der Waals surface area contributed by atoms with E-state index in [9.17, 15) is 22.7 Å². The second-order valence-corrected chi connectivity index (χ2v) is 7.64. The van der Waals surface area contributed by atoms with Crippen LogP contribution in [0.3, 0.4) is 0 Å². The van der Waals surface area contributed by atoms with Crippen molar-refractivity contribution in [3.05, 3.63) is 54.0 Å². The largest absolute Gasteiger partial charge is 0.464 e. The molecular formula is C17H15FN2O4S. The zero-order chi connectivity index (χ0) is 18.4. The van der Waals surface area contributed by atoms with Gasteiger partial charge in [0.1, 0.15) is 5.82 Å². The van der Waals surface area contributed by atoms with Gasteiger partial charge in [-0.3, -0.25) is 4.57 Å². The van der Waals surface area contributed by atoms with Crippen LogP contribution in [0.5, 0.6) is 0 Å². The molecule has 0 bridgehead atoms. The third kappa shape index (κ3) is 3.01. The van der Waals surface area contributed by atoms with Gasteiger partial charge in [0.2, 0.25) is 0 Å². The van der Waals surface area contributed by atoms with Crippen LogP contribution in [0.15, 0.2) is 47.5 Å².